The van der Waals surface area contributed by atoms with Crippen LogP contribution in [0, 0.1) is 0 Å². The molecule has 82 valence electrons. The Morgan fingerprint density at radius 3 is 3.00 bits per heavy atom. The highest BCUT2D eigenvalue weighted by Crippen LogP contribution is 2.24. The van der Waals surface area contributed by atoms with Crippen molar-refractivity contribution in [3.8, 4) is 5.88 Å². The van der Waals surface area contributed by atoms with Crippen molar-refractivity contribution < 1.29 is 13.2 Å². The van der Waals surface area contributed by atoms with Crippen LogP contribution in [0.5, 0.6) is 5.88 Å². The summed E-state index contributed by atoms with van der Waals surface area (Å²) in [5.41, 5.74) is 0.455. The Kier molecular flexibility index (Phi) is 2.41. The molecule has 15 heavy (non-hydrogen) atoms. The van der Waals surface area contributed by atoms with Gasteiger partial charge in [0.2, 0.25) is 15.9 Å². The van der Waals surface area contributed by atoms with Gasteiger partial charge in [-0.15, -0.1) is 11.3 Å². The van der Waals surface area contributed by atoms with Crippen LogP contribution in [0.15, 0.2) is 11.6 Å². The zero-order valence-corrected chi connectivity index (χ0v) is 9.51. The quantitative estimate of drug-likeness (QED) is 0.839. The average Bonchev–Trinajstić information content (AvgIpc) is 2.65. The van der Waals surface area contributed by atoms with Crippen LogP contribution in [-0.2, 0) is 15.8 Å². The van der Waals surface area contributed by atoms with E-state index in [2.05, 4.69) is 4.98 Å². The number of hydrogen-bond acceptors (Lipinski definition) is 5. The van der Waals surface area contributed by atoms with E-state index in [1.807, 2.05) is 5.38 Å². The predicted octanol–water partition coefficient (Wildman–Crippen LogP) is 0.193. The highest BCUT2D eigenvalue weighted by Gasteiger charge is 2.18. The Bertz CT molecular complexity index is 584. The number of fused-ring (bicyclic) bond motifs is 1. The Morgan fingerprint density at radius 2 is 2.40 bits per heavy atom. The van der Waals surface area contributed by atoms with Crippen LogP contribution in [0.25, 0.3) is 4.96 Å². The summed E-state index contributed by atoms with van der Waals surface area (Å²) in [4.78, 5) is 4.80. The van der Waals surface area contributed by atoms with Gasteiger partial charge < -0.3 is 4.74 Å². The van der Waals surface area contributed by atoms with E-state index in [1.54, 1.807) is 10.6 Å². The van der Waals surface area contributed by atoms with Crippen molar-refractivity contribution in [3.05, 3.63) is 17.3 Å². The number of aromatic nitrogens is 2. The average molecular weight is 247 g/mol. The summed E-state index contributed by atoms with van der Waals surface area (Å²) >= 11 is 1.40. The lowest BCUT2D eigenvalue weighted by atomic mass is 10.5. The number of imidazole rings is 1. The van der Waals surface area contributed by atoms with E-state index in [4.69, 9.17) is 9.88 Å². The van der Waals surface area contributed by atoms with Gasteiger partial charge in [0.25, 0.3) is 0 Å². The molecular weight excluding hydrogens is 238 g/mol. The minimum Gasteiger partial charge on any atom is -0.480 e. The molecule has 0 bridgehead atoms. The van der Waals surface area contributed by atoms with Crippen molar-refractivity contribution in [3.63, 3.8) is 0 Å². The third-order valence-electron chi connectivity index (χ3n) is 1.86. The maximum atomic E-state index is 11.0. The molecule has 0 aliphatic heterocycles. The molecule has 2 aromatic heterocycles. The smallest absolute Gasteiger partial charge is 0.237 e. The van der Waals surface area contributed by atoms with Crippen molar-refractivity contribution in [2.75, 3.05) is 7.11 Å². The highest BCUT2D eigenvalue weighted by molar-refractivity contribution is 7.88. The molecule has 0 saturated carbocycles. The molecule has 2 N–H and O–H groups in total. The second-order valence-corrected chi connectivity index (χ2v) is 5.42. The first-order valence-electron chi connectivity index (χ1n) is 4.00. The van der Waals surface area contributed by atoms with Gasteiger partial charge in [0.15, 0.2) is 4.96 Å². The third kappa shape index (κ3) is 1.96. The lowest BCUT2D eigenvalue weighted by Crippen LogP contribution is -2.16. The summed E-state index contributed by atoms with van der Waals surface area (Å²) in [5.74, 6) is 0.0181. The maximum Gasteiger partial charge on any atom is 0.237 e. The molecule has 0 unspecified atom stereocenters. The molecule has 8 heteroatoms. The third-order valence-corrected chi connectivity index (χ3v) is 3.29. The van der Waals surface area contributed by atoms with E-state index in [0.717, 1.165) is 0 Å². The largest absolute Gasteiger partial charge is 0.480 e. The van der Waals surface area contributed by atoms with Gasteiger partial charge in [0.1, 0.15) is 11.4 Å². The normalized spacial score (nSPS) is 12.1. The number of sulfonamides is 1. The molecule has 0 amide bonds. The molecule has 0 aromatic carbocycles. The minimum atomic E-state index is -3.59. The summed E-state index contributed by atoms with van der Waals surface area (Å²) in [6.07, 6.45) is 1.73. The Balaban J connectivity index is 2.59. The Morgan fingerprint density at radius 1 is 1.67 bits per heavy atom. The van der Waals surface area contributed by atoms with Gasteiger partial charge in [-0.1, -0.05) is 0 Å². The maximum absolute atomic E-state index is 11.0. The summed E-state index contributed by atoms with van der Waals surface area (Å²) < 4.78 is 28.7. The molecule has 2 heterocycles. The first-order chi connectivity index (χ1) is 7.01. The van der Waals surface area contributed by atoms with Crippen LogP contribution >= 0.6 is 11.3 Å². The Labute approximate surface area is 90.4 Å². The fourth-order valence-electron chi connectivity index (χ4n) is 1.30. The van der Waals surface area contributed by atoms with Gasteiger partial charge in [-0.2, -0.15) is 4.98 Å². The van der Waals surface area contributed by atoms with E-state index in [1.165, 1.54) is 18.4 Å². The second-order valence-electron chi connectivity index (χ2n) is 2.93. The standard InChI is InChI=1S/C7H9N3O3S2/c1-13-6-5(4-15(8,11)12)10-2-3-14-7(10)9-6/h2-3H,4H2,1H3,(H2,8,11,12). The molecule has 6 nitrogen and oxygen atoms in total. The van der Waals surface area contributed by atoms with E-state index >= 15 is 0 Å². The second kappa shape index (κ2) is 3.47. The van der Waals surface area contributed by atoms with Crippen LogP contribution in [0.3, 0.4) is 0 Å². The molecule has 2 rings (SSSR count). The fourth-order valence-corrected chi connectivity index (χ4v) is 2.67. The monoisotopic (exact) mass is 247 g/mol. The summed E-state index contributed by atoms with van der Waals surface area (Å²) in [6.45, 7) is 0. The van der Waals surface area contributed by atoms with Gasteiger partial charge in [0.05, 0.1) is 7.11 Å². The lowest BCUT2D eigenvalue weighted by Gasteiger charge is -2.00. The number of methoxy groups -OCH3 is 1. The predicted molar refractivity (Wildman–Crippen MR) is 56.4 cm³/mol. The molecule has 0 aliphatic carbocycles. The summed E-state index contributed by atoms with van der Waals surface area (Å²) in [7, 11) is -2.14. The molecule has 0 aliphatic rings. The van der Waals surface area contributed by atoms with Crippen LogP contribution in [0.2, 0.25) is 0 Å². The number of primary sulfonamides is 1. The van der Waals surface area contributed by atoms with Crippen molar-refractivity contribution >= 4 is 26.3 Å². The number of nitrogens with two attached hydrogens (primary N) is 1. The van der Waals surface area contributed by atoms with Crippen molar-refractivity contribution in [1.82, 2.24) is 9.38 Å². The van der Waals surface area contributed by atoms with Crippen LogP contribution in [-0.4, -0.2) is 24.9 Å². The number of thiazole rings is 1. The molecule has 0 saturated heterocycles. The van der Waals surface area contributed by atoms with Crippen LogP contribution < -0.4 is 9.88 Å². The molecule has 0 atom stereocenters. The van der Waals surface area contributed by atoms with E-state index in [-0.39, 0.29) is 5.75 Å². The van der Waals surface area contributed by atoms with Gasteiger partial charge in [-0.3, -0.25) is 4.40 Å². The fraction of sp³-hybridized carbons (Fsp3) is 0.286. The lowest BCUT2D eigenvalue weighted by molar-refractivity contribution is 0.396. The van der Waals surface area contributed by atoms with Gasteiger partial charge >= 0.3 is 0 Å². The van der Waals surface area contributed by atoms with Crippen LogP contribution in [0.4, 0.5) is 0 Å². The van der Waals surface area contributed by atoms with Gasteiger partial charge in [-0.25, -0.2) is 13.6 Å². The molecular formula is C7H9N3O3S2. The number of ether oxygens (including phenoxy) is 1. The topological polar surface area (TPSA) is 86.7 Å². The zero-order chi connectivity index (χ0) is 11.1. The molecule has 0 radical (unpaired) electrons. The number of hydrogen-bond donors (Lipinski definition) is 1. The van der Waals surface area contributed by atoms with E-state index in [0.29, 0.717) is 16.5 Å². The van der Waals surface area contributed by atoms with Crippen molar-refractivity contribution in [2.24, 2.45) is 5.14 Å². The van der Waals surface area contributed by atoms with E-state index < -0.39 is 10.0 Å². The number of nitrogens with zero attached hydrogens (tertiary/aromatic N) is 2. The van der Waals surface area contributed by atoms with Gasteiger partial charge in [-0.05, 0) is 0 Å². The first kappa shape index (κ1) is 10.4. The SMILES string of the molecule is COc1nc2sccn2c1CS(N)(=O)=O. The molecule has 2 aromatic rings. The minimum absolute atomic E-state index is 0.284. The van der Waals surface area contributed by atoms with Crippen LogP contribution in [0.1, 0.15) is 5.69 Å². The summed E-state index contributed by atoms with van der Waals surface area (Å²) in [6, 6.07) is 0. The number of rotatable bonds is 3. The highest BCUT2D eigenvalue weighted by atomic mass is 32.2. The van der Waals surface area contributed by atoms with Crippen molar-refractivity contribution in [1.29, 1.82) is 0 Å². The van der Waals surface area contributed by atoms with Crippen molar-refractivity contribution in [2.45, 2.75) is 5.75 Å². The van der Waals surface area contributed by atoms with Gasteiger partial charge in [0, 0.05) is 11.6 Å². The first-order valence-corrected chi connectivity index (χ1v) is 6.59. The zero-order valence-electron chi connectivity index (χ0n) is 7.87. The molecule has 0 spiro atoms. The Hall–Kier alpha value is -1.12. The van der Waals surface area contributed by atoms with E-state index in [9.17, 15) is 8.42 Å². The molecule has 0 fully saturated rings. The summed E-state index contributed by atoms with van der Waals surface area (Å²) in [5, 5.41) is 6.80.